The molecule has 1 N–H and O–H groups in total. The van der Waals surface area contributed by atoms with Crippen LogP contribution in [0.2, 0.25) is 0 Å². The van der Waals surface area contributed by atoms with Gasteiger partial charge in [0.1, 0.15) is 0 Å². The summed E-state index contributed by atoms with van der Waals surface area (Å²) < 4.78 is 0. The summed E-state index contributed by atoms with van der Waals surface area (Å²) in [5, 5.41) is 3.55. The van der Waals surface area contributed by atoms with Gasteiger partial charge < -0.3 is 5.32 Å². The van der Waals surface area contributed by atoms with Gasteiger partial charge >= 0.3 is 0 Å². The highest BCUT2D eigenvalue weighted by atomic mass is 15.1. The maximum absolute atomic E-state index is 3.55. The zero-order valence-corrected chi connectivity index (χ0v) is 12.8. The molecule has 0 unspecified atom stereocenters. The van der Waals surface area contributed by atoms with E-state index in [1.54, 1.807) is 11.1 Å². The maximum Gasteiger partial charge on any atom is 0.0375 e. The van der Waals surface area contributed by atoms with Crippen molar-refractivity contribution in [3.63, 3.8) is 0 Å². The number of nitrogens with one attached hydrogen (secondary N) is 1. The fraction of sp³-hybridized carbons (Fsp3) is 0.667. The molecular formula is C18H28N2. The van der Waals surface area contributed by atoms with E-state index in [-0.39, 0.29) is 0 Å². The Bertz CT molecular complexity index is 433. The normalized spacial score (nSPS) is 20.4. The van der Waals surface area contributed by atoms with E-state index in [0.717, 1.165) is 19.0 Å². The average Bonchev–Trinajstić information content (AvgIpc) is 2.50. The molecule has 0 radical (unpaired) electrons. The van der Waals surface area contributed by atoms with Crippen molar-refractivity contribution in [3.8, 4) is 0 Å². The molecule has 1 fully saturated rings. The zero-order valence-electron chi connectivity index (χ0n) is 12.8. The van der Waals surface area contributed by atoms with Crippen LogP contribution in [0.3, 0.4) is 0 Å². The number of hydrogen-bond acceptors (Lipinski definition) is 2. The van der Waals surface area contributed by atoms with Gasteiger partial charge in [-0.05, 0) is 61.9 Å². The molecule has 2 heteroatoms. The van der Waals surface area contributed by atoms with E-state index in [2.05, 4.69) is 35.3 Å². The molecule has 0 atom stereocenters. The van der Waals surface area contributed by atoms with Gasteiger partial charge in [-0.3, -0.25) is 4.90 Å². The first-order valence-electron chi connectivity index (χ1n) is 8.44. The maximum atomic E-state index is 3.55. The minimum Gasteiger partial charge on any atom is -0.385 e. The predicted octanol–water partition coefficient (Wildman–Crippen LogP) is 4.06. The fourth-order valence-corrected chi connectivity index (χ4v) is 3.81. The second-order valence-electron chi connectivity index (χ2n) is 6.48. The summed E-state index contributed by atoms with van der Waals surface area (Å²) in [5.41, 5.74) is 4.52. The van der Waals surface area contributed by atoms with Crippen LogP contribution in [-0.4, -0.2) is 24.5 Å². The van der Waals surface area contributed by atoms with E-state index in [4.69, 9.17) is 0 Å². The topological polar surface area (TPSA) is 15.3 Å². The van der Waals surface area contributed by atoms with Gasteiger partial charge in [-0.25, -0.2) is 0 Å². The van der Waals surface area contributed by atoms with Crippen LogP contribution in [-0.2, 0) is 13.0 Å². The number of anilines is 1. The van der Waals surface area contributed by atoms with Crippen LogP contribution in [0, 0.1) is 5.92 Å². The van der Waals surface area contributed by atoms with E-state index in [9.17, 15) is 0 Å². The van der Waals surface area contributed by atoms with Gasteiger partial charge in [-0.1, -0.05) is 31.9 Å². The van der Waals surface area contributed by atoms with Crippen LogP contribution in [0.15, 0.2) is 18.2 Å². The molecule has 3 rings (SSSR count). The lowest BCUT2D eigenvalue weighted by atomic mass is 9.91. The van der Waals surface area contributed by atoms with Gasteiger partial charge in [0.2, 0.25) is 0 Å². The van der Waals surface area contributed by atoms with Gasteiger partial charge in [0.05, 0.1) is 0 Å². The molecule has 0 aliphatic carbocycles. The van der Waals surface area contributed by atoms with Crippen LogP contribution < -0.4 is 5.32 Å². The Kier molecular flexibility index (Phi) is 4.62. The lowest BCUT2D eigenvalue weighted by molar-refractivity contribution is 0.171. The molecule has 2 aliphatic rings. The van der Waals surface area contributed by atoms with Gasteiger partial charge in [0, 0.05) is 18.8 Å². The summed E-state index contributed by atoms with van der Waals surface area (Å²) in [7, 11) is 0. The van der Waals surface area contributed by atoms with Crippen LogP contribution >= 0.6 is 0 Å². The van der Waals surface area contributed by atoms with E-state index in [1.807, 2.05) is 0 Å². The Balaban J connectivity index is 1.61. The summed E-state index contributed by atoms with van der Waals surface area (Å²) in [6.45, 7) is 7.20. The number of nitrogens with zero attached hydrogens (tertiary/aromatic N) is 1. The Hall–Kier alpha value is -1.02. The molecule has 0 saturated carbocycles. The van der Waals surface area contributed by atoms with Crippen molar-refractivity contribution in [3.05, 3.63) is 29.3 Å². The van der Waals surface area contributed by atoms with Gasteiger partial charge in [-0.15, -0.1) is 0 Å². The largest absolute Gasteiger partial charge is 0.385 e. The minimum atomic E-state index is 0.989. The van der Waals surface area contributed by atoms with Crippen LogP contribution in [0.1, 0.15) is 50.2 Å². The molecule has 1 aromatic rings. The third-order valence-electron chi connectivity index (χ3n) is 4.99. The Morgan fingerprint density at radius 3 is 2.90 bits per heavy atom. The number of likely N-dealkylation sites (tertiary alicyclic amines) is 1. The van der Waals surface area contributed by atoms with Crippen molar-refractivity contribution in [2.75, 3.05) is 25.0 Å². The van der Waals surface area contributed by atoms with Crippen LogP contribution in [0.5, 0.6) is 0 Å². The van der Waals surface area contributed by atoms with Crippen molar-refractivity contribution in [2.24, 2.45) is 5.92 Å². The molecule has 0 amide bonds. The highest BCUT2D eigenvalue weighted by Crippen LogP contribution is 2.28. The number of fused-ring (bicyclic) bond motifs is 1. The van der Waals surface area contributed by atoms with E-state index in [1.165, 1.54) is 57.3 Å². The predicted molar refractivity (Wildman–Crippen MR) is 86.2 cm³/mol. The minimum absolute atomic E-state index is 0.989. The number of piperidine rings is 1. The van der Waals surface area contributed by atoms with Gasteiger partial charge in [0.25, 0.3) is 0 Å². The summed E-state index contributed by atoms with van der Waals surface area (Å²) in [6, 6.07) is 6.80. The van der Waals surface area contributed by atoms with Crippen molar-refractivity contribution in [2.45, 2.75) is 52.0 Å². The summed E-state index contributed by atoms with van der Waals surface area (Å²) in [6.07, 6.45) is 8.12. The zero-order chi connectivity index (χ0) is 13.8. The Labute approximate surface area is 123 Å². The van der Waals surface area contributed by atoms with Gasteiger partial charge in [0.15, 0.2) is 0 Å². The fourth-order valence-electron chi connectivity index (χ4n) is 3.81. The lowest BCUT2D eigenvalue weighted by Gasteiger charge is -2.33. The first-order chi connectivity index (χ1) is 9.86. The van der Waals surface area contributed by atoms with Crippen LogP contribution in [0.25, 0.3) is 0 Å². The lowest BCUT2D eigenvalue weighted by Crippen LogP contribution is -2.33. The quantitative estimate of drug-likeness (QED) is 0.889. The number of rotatable bonds is 4. The highest BCUT2D eigenvalue weighted by molar-refractivity contribution is 5.56. The second kappa shape index (κ2) is 6.62. The van der Waals surface area contributed by atoms with Crippen molar-refractivity contribution >= 4 is 5.69 Å². The standard InChI is InChI=1S/C18H28N2/c1-2-5-15-9-12-20(13-10-15)14-16-6-3-8-18-17(16)7-4-11-19-18/h3,6,8,15,19H,2,4-5,7,9-14H2,1H3. The molecule has 2 nitrogen and oxygen atoms in total. The molecule has 1 aromatic carbocycles. The molecule has 0 bridgehead atoms. The van der Waals surface area contributed by atoms with Crippen molar-refractivity contribution < 1.29 is 0 Å². The summed E-state index contributed by atoms with van der Waals surface area (Å²) >= 11 is 0. The Morgan fingerprint density at radius 1 is 1.25 bits per heavy atom. The molecule has 2 aliphatic heterocycles. The summed E-state index contributed by atoms with van der Waals surface area (Å²) in [4.78, 5) is 2.66. The number of hydrogen-bond donors (Lipinski definition) is 1. The molecule has 20 heavy (non-hydrogen) atoms. The van der Waals surface area contributed by atoms with E-state index < -0.39 is 0 Å². The van der Waals surface area contributed by atoms with Crippen molar-refractivity contribution in [1.82, 2.24) is 4.90 Å². The summed E-state index contributed by atoms with van der Waals surface area (Å²) in [5.74, 6) is 0.989. The average molecular weight is 272 g/mol. The molecule has 2 heterocycles. The monoisotopic (exact) mass is 272 g/mol. The van der Waals surface area contributed by atoms with Gasteiger partial charge in [-0.2, -0.15) is 0 Å². The number of benzene rings is 1. The second-order valence-corrected chi connectivity index (χ2v) is 6.48. The van der Waals surface area contributed by atoms with E-state index in [0.29, 0.717) is 0 Å². The SMILES string of the molecule is CCCC1CCN(Cc2cccc3c2CCCN3)CC1. The Morgan fingerprint density at radius 2 is 2.10 bits per heavy atom. The van der Waals surface area contributed by atoms with E-state index >= 15 is 0 Å². The highest BCUT2D eigenvalue weighted by Gasteiger charge is 2.20. The third kappa shape index (κ3) is 3.17. The smallest absolute Gasteiger partial charge is 0.0375 e. The molecule has 1 saturated heterocycles. The molecule has 110 valence electrons. The van der Waals surface area contributed by atoms with Crippen molar-refractivity contribution in [1.29, 1.82) is 0 Å². The molecular weight excluding hydrogens is 244 g/mol. The third-order valence-corrected chi connectivity index (χ3v) is 4.99. The first kappa shape index (κ1) is 13.9. The molecule has 0 aromatic heterocycles. The van der Waals surface area contributed by atoms with Crippen LogP contribution in [0.4, 0.5) is 5.69 Å². The molecule has 0 spiro atoms. The first-order valence-corrected chi connectivity index (χ1v) is 8.44.